The molecule has 1 aliphatic heterocycles. The number of nitrogens with zero attached hydrogens (tertiary/aromatic N) is 2. The van der Waals surface area contributed by atoms with Crippen LogP contribution in [0.25, 0.3) is 0 Å². The first-order valence-electron chi connectivity index (χ1n) is 7.83. The molecule has 126 valence electrons. The molecule has 0 bridgehead atoms. The van der Waals surface area contributed by atoms with Crippen LogP contribution in [-0.2, 0) is 16.1 Å². The van der Waals surface area contributed by atoms with Gasteiger partial charge in [-0.05, 0) is 37.1 Å². The SMILES string of the molecule is NC(=O)[C@@H]1CCCN(c2ccc(C(=O)OCc3nccs3)cc2)C1. The van der Waals surface area contributed by atoms with Gasteiger partial charge in [0.2, 0.25) is 5.91 Å². The highest BCUT2D eigenvalue weighted by Gasteiger charge is 2.24. The van der Waals surface area contributed by atoms with Crippen molar-refractivity contribution in [1.29, 1.82) is 0 Å². The lowest BCUT2D eigenvalue weighted by Crippen LogP contribution is -2.41. The molecule has 1 atom stereocenters. The van der Waals surface area contributed by atoms with Crippen LogP contribution in [0.4, 0.5) is 5.69 Å². The predicted octanol–water partition coefficient (Wildman–Crippen LogP) is 2.20. The van der Waals surface area contributed by atoms with Crippen LogP contribution in [0.2, 0.25) is 0 Å². The molecule has 1 saturated heterocycles. The van der Waals surface area contributed by atoms with E-state index in [1.165, 1.54) is 11.3 Å². The third kappa shape index (κ3) is 3.91. The molecule has 24 heavy (non-hydrogen) atoms. The summed E-state index contributed by atoms with van der Waals surface area (Å²) < 4.78 is 5.24. The fraction of sp³-hybridized carbons (Fsp3) is 0.353. The zero-order valence-corrected chi connectivity index (χ0v) is 14.0. The van der Waals surface area contributed by atoms with Crippen molar-refractivity contribution in [3.63, 3.8) is 0 Å². The van der Waals surface area contributed by atoms with E-state index in [1.54, 1.807) is 18.3 Å². The van der Waals surface area contributed by atoms with Crippen LogP contribution >= 0.6 is 11.3 Å². The number of ether oxygens (including phenoxy) is 1. The van der Waals surface area contributed by atoms with Gasteiger partial charge < -0.3 is 15.4 Å². The average molecular weight is 345 g/mol. The number of carbonyl (C=O) groups is 2. The molecule has 3 rings (SSSR count). The molecule has 1 fully saturated rings. The van der Waals surface area contributed by atoms with Gasteiger partial charge >= 0.3 is 5.97 Å². The van der Waals surface area contributed by atoms with Crippen LogP contribution < -0.4 is 10.6 Å². The quantitative estimate of drug-likeness (QED) is 0.840. The standard InChI is InChI=1S/C17H19N3O3S/c18-16(21)13-2-1-8-20(10-13)14-5-3-12(4-6-14)17(22)23-11-15-19-7-9-24-15/h3-7,9,13H,1-2,8,10-11H2,(H2,18,21)/t13-/m1/s1. The molecule has 0 spiro atoms. The van der Waals surface area contributed by atoms with Gasteiger partial charge in [0.05, 0.1) is 11.5 Å². The maximum atomic E-state index is 12.0. The van der Waals surface area contributed by atoms with E-state index in [2.05, 4.69) is 9.88 Å². The van der Waals surface area contributed by atoms with Crippen molar-refractivity contribution in [3.05, 3.63) is 46.4 Å². The Morgan fingerprint density at radius 1 is 1.33 bits per heavy atom. The van der Waals surface area contributed by atoms with Crippen molar-refractivity contribution in [3.8, 4) is 0 Å². The smallest absolute Gasteiger partial charge is 0.338 e. The zero-order valence-electron chi connectivity index (χ0n) is 13.2. The number of nitrogens with two attached hydrogens (primary N) is 1. The second-order valence-electron chi connectivity index (χ2n) is 5.74. The lowest BCUT2D eigenvalue weighted by molar-refractivity contribution is -0.122. The van der Waals surface area contributed by atoms with E-state index in [0.717, 1.165) is 30.1 Å². The Hall–Kier alpha value is -2.41. The van der Waals surface area contributed by atoms with E-state index < -0.39 is 0 Å². The number of hydrogen-bond acceptors (Lipinski definition) is 6. The van der Waals surface area contributed by atoms with Crippen LogP contribution in [0.5, 0.6) is 0 Å². The lowest BCUT2D eigenvalue weighted by Gasteiger charge is -2.33. The summed E-state index contributed by atoms with van der Waals surface area (Å²) in [7, 11) is 0. The van der Waals surface area contributed by atoms with E-state index in [0.29, 0.717) is 12.1 Å². The van der Waals surface area contributed by atoms with E-state index in [1.807, 2.05) is 17.5 Å². The lowest BCUT2D eigenvalue weighted by atomic mass is 9.97. The molecule has 6 nitrogen and oxygen atoms in total. The summed E-state index contributed by atoms with van der Waals surface area (Å²) in [6.45, 7) is 1.70. The highest BCUT2D eigenvalue weighted by molar-refractivity contribution is 7.09. The third-order valence-electron chi connectivity index (χ3n) is 4.10. The molecular formula is C17H19N3O3S. The Bertz CT molecular complexity index is 700. The summed E-state index contributed by atoms with van der Waals surface area (Å²) >= 11 is 1.45. The van der Waals surface area contributed by atoms with Gasteiger partial charge in [0, 0.05) is 30.4 Å². The first-order valence-corrected chi connectivity index (χ1v) is 8.71. The van der Waals surface area contributed by atoms with Gasteiger partial charge in [-0.1, -0.05) is 0 Å². The number of anilines is 1. The first kappa shape index (κ1) is 16.4. The van der Waals surface area contributed by atoms with Gasteiger partial charge in [0.25, 0.3) is 0 Å². The topological polar surface area (TPSA) is 85.5 Å². The van der Waals surface area contributed by atoms with Crippen LogP contribution in [0.3, 0.4) is 0 Å². The Morgan fingerprint density at radius 2 is 2.12 bits per heavy atom. The number of benzene rings is 1. The fourth-order valence-corrected chi connectivity index (χ4v) is 3.31. The van der Waals surface area contributed by atoms with Crippen molar-refractivity contribution in [2.45, 2.75) is 19.4 Å². The van der Waals surface area contributed by atoms with E-state index >= 15 is 0 Å². The largest absolute Gasteiger partial charge is 0.455 e. The van der Waals surface area contributed by atoms with E-state index in [9.17, 15) is 9.59 Å². The van der Waals surface area contributed by atoms with Crippen LogP contribution in [-0.4, -0.2) is 29.9 Å². The molecule has 0 unspecified atom stereocenters. The Morgan fingerprint density at radius 3 is 2.79 bits per heavy atom. The Kier molecular flexibility index (Phi) is 5.10. The predicted molar refractivity (Wildman–Crippen MR) is 91.8 cm³/mol. The van der Waals surface area contributed by atoms with Crippen molar-refractivity contribution >= 4 is 28.9 Å². The summed E-state index contributed by atoms with van der Waals surface area (Å²) in [5.74, 6) is -0.728. The highest BCUT2D eigenvalue weighted by atomic mass is 32.1. The molecule has 1 aliphatic rings. The maximum Gasteiger partial charge on any atom is 0.338 e. The summed E-state index contributed by atoms with van der Waals surface area (Å²) in [4.78, 5) is 29.6. The minimum absolute atomic E-state index is 0.110. The number of rotatable bonds is 5. The van der Waals surface area contributed by atoms with Gasteiger partial charge in [-0.3, -0.25) is 4.79 Å². The van der Waals surface area contributed by atoms with Crippen molar-refractivity contribution in [1.82, 2.24) is 4.98 Å². The van der Waals surface area contributed by atoms with Crippen molar-refractivity contribution in [2.75, 3.05) is 18.0 Å². The number of primary amides is 1. The second-order valence-corrected chi connectivity index (χ2v) is 6.72. The average Bonchev–Trinajstić information content (AvgIpc) is 3.13. The number of thiazole rings is 1. The van der Waals surface area contributed by atoms with Crippen molar-refractivity contribution < 1.29 is 14.3 Å². The van der Waals surface area contributed by atoms with Gasteiger partial charge in [-0.25, -0.2) is 9.78 Å². The van der Waals surface area contributed by atoms with Gasteiger partial charge in [-0.2, -0.15) is 0 Å². The summed E-state index contributed by atoms with van der Waals surface area (Å²) in [6, 6.07) is 7.24. The van der Waals surface area contributed by atoms with E-state index in [4.69, 9.17) is 10.5 Å². The molecule has 2 aromatic rings. The van der Waals surface area contributed by atoms with Gasteiger partial charge in [-0.15, -0.1) is 11.3 Å². The number of carbonyl (C=O) groups excluding carboxylic acids is 2. The molecule has 1 aromatic heterocycles. The number of aromatic nitrogens is 1. The molecule has 0 saturated carbocycles. The molecule has 0 radical (unpaired) electrons. The molecule has 7 heteroatoms. The van der Waals surface area contributed by atoms with Gasteiger partial charge in [0.1, 0.15) is 11.6 Å². The molecule has 1 aromatic carbocycles. The van der Waals surface area contributed by atoms with Crippen LogP contribution in [0.15, 0.2) is 35.8 Å². The van der Waals surface area contributed by atoms with Crippen LogP contribution in [0.1, 0.15) is 28.2 Å². The monoisotopic (exact) mass is 345 g/mol. The third-order valence-corrected chi connectivity index (χ3v) is 4.86. The molecule has 2 N–H and O–H groups in total. The summed E-state index contributed by atoms with van der Waals surface area (Å²) in [5, 5.41) is 2.61. The molecule has 0 aliphatic carbocycles. The minimum atomic E-state index is -0.370. The summed E-state index contributed by atoms with van der Waals surface area (Å²) in [6.07, 6.45) is 3.46. The number of amides is 1. The number of hydrogen-bond donors (Lipinski definition) is 1. The maximum absolute atomic E-state index is 12.0. The van der Waals surface area contributed by atoms with Gasteiger partial charge in [0.15, 0.2) is 0 Å². The zero-order chi connectivity index (χ0) is 16.9. The summed E-state index contributed by atoms with van der Waals surface area (Å²) in [5.41, 5.74) is 6.90. The van der Waals surface area contributed by atoms with Crippen molar-refractivity contribution in [2.24, 2.45) is 11.7 Å². The number of piperidine rings is 1. The van der Waals surface area contributed by atoms with Crippen LogP contribution in [0, 0.1) is 5.92 Å². The molecule has 1 amide bonds. The first-order chi connectivity index (χ1) is 11.6. The second kappa shape index (κ2) is 7.44. The minimum Gasteiger partial charge on any atom is -0.455 e. The Balaban J connectivity index is 1.60. The number of esters is 1. The fourth-order valence-electron chi connectivity index (χ4n) is 2.79. The Labute approximate surface area is 144 Å². The molecule has 2 heterocycles. The highest BCUT2D eigenvalue weighted by Crippen LogP contribution is 2.23. The normalized spacial score (nSPS) is 17.5. The molecular weight excluding hydrogens is 326 g/mol. The van der Waals surface area contributed by atoms with E-state index in [-0.39, 0.29) is 24.4 Å².